The third kappa shape index (κ3) is 28.4. The average molecular weight is 1630 g/mol. The number of guanidine groups is 1. The number of fused-ring (bicyclic) bond motifs is 1. The zero-order valence-electron chi connectivity index (χ0n) is 64.7. The Balaban J connectivity index is 1.47. The third-order valence-electron chi connectivity index (χ3n) is 20.0. The van der Waals surface area contributed by atoms with Gasteiger partial charge in [0.15, 0.2) is 5.96 Å². The summed E-state index contributed by atoms with van der Waals surface area (Å²) in [5.74, 6) is -16.9. The molecule has 1 aliphatic carbocycles. The summed E-state index contributed by atoms with van der Waals surface area (Å²) < 4.78 is 1.45. The molecule has 2 aliphatic rings. The summed E-state index contributed by atoms with van der Waals surface area (Å²) >= 11 is 2.70. The van der Waals surface area contributed by atoms with E-state index in [0.717, 1.165) is 24.2 Å². The Bertz CT molecular complexity index is 3850. The SMILES string of the molecule is CC[C@H](C)[C@H](NC(=O)[C@@H](N)CCCN=C(N)N)C(=O)N[C@@H](CC(N)=O)C(=O)N[C@@H](CC(N)=O)C(=O)N[C@H](C(=O)N1C[C@@H](n2cc(C3(N)CCCCC3)nn2)C[C@H]1C(=O)N[C@@H](Cc1c[nH]c2ccccc12)C(=O)N[C@@H](CO)C(=O)N[C@@H](CCC(=O)O)C(=O)N[C@@H](C)C(=O)N[C@@H](CCSC)C(=O)N[C@@H](CCSC)C(=O)O)[C@@H](C)CC. The third-order valence-corrected chi connectivity index (χ3v) is 21.3. The number of aliphatic carboxylic acids is 2. The minimum atomic E-state index is -1.94. The van der Waals surface area contributed by atoms with Gasteiger partial charge in [-0.25, -0.2) is 9.48 Å². The van der Waals surface area contributed by atoms with Gasteiger partial charge in [-0.05, 0) is 99.4 Å². The number of benzene rings is 1. The van der Waals surface area contributed by atoms with Crippen LogP contribution in [0.15, 0.2) is 41.7 Å². The van der Waals surface area contributed by atoms with Gasteiger partial charge in [0.05, 0.1) is 43.3 Å². The summed E-state index contributed by atoms with van der Waals surface area (Å²) in [6.07, 6.45) is 7.74. The molecule has 0 spiro atoms. The first-order valence-electron chi connectivity index (χ1n) is 37.5. The summed E-state index contributed by atoms with van der Waals surface area (Å²) in [4.78, 5) is 216. The first-order valence-corrected chi connectivity index (χ1v) is 40.3. The molecule has 42 heteroatoms. The predicted molar refractivity (Wildman–Crippen MR) is 417 cm³/mol. The van der Waals surface area contributed by atoms with Crippen LogP contribution in [0, 0.1) is 11.8 Å². The van der Waals surface area contributed by atoms with E-state index in [-0.39, 0.29) is 57.6 Å². The van der Waals surface area contributed by atoms with Crippen molar-refractivity contribution >= 4 is 129 Å². The van der Waals surface area contributed by atoms with E-state index >= 15 is 14.4 Å². The van der Waals surface area contributed by atoms with Crippen LogP contribution in [-0.2, 0) is 83.9 Å². The zero-order chi connectivity index (χ0) is 84.0. The predicted octanol–water partition coefficient (Wildman–Crippen LogP) is -4.20. The number of hydrogen-bond acceptors (Lipinski definition) is 23. The molecule has 0 bridgehead atoms. The van der Waals surface area contributed by atoms with Gasteiger partial charge in [-0.2, -0.15) is 23.5 Å². The number of nitrogens with zero attached hydrogens (tertiary/aromatic N) is 5. The molecule has 3 aromatic rings. The number of hydrogen-bond donors (Lipinski definition) is 20. The normalized spacial score (nSPS) is 18.0. The number of carbonyl (C=O) groups is 15. The fourth-order valence-corrected chi connectivity index (χ4v) is 13.9. The van der Waals surface area contributed by atoms with Crippen molar-refractivity contribution in [3.63, 3.8) is 0 Å². The van der Waals surface area contributed by atoms with E-state index in [4.69, 9.17) is 34.4 Å². The van der Waals surface area contributed by atoms with Crippen molar-refractivity contribution < 1.29 is 87.2 Å². The van der Waals surface area contributed by atoms with Crippen LogP contribution in [0.4, 0.5) is 0 Å². The Labute approximate surface area is 662 Å². The number of para-hydroxylation sites is 1. The van der Waals surface area contributed by atoms with Crippen LogP contribution in [0.1, 0.15) is 155 Å². The topological polar surface area (TPSA) is 655 Å². The number of carbonyl (C=O) groups excluding carboxylic acids is 13. The highest BCUT2D eigenvalue weighted by atomic mass is 32.2. The van der Waals surface area contributed by atoms with E-state index in [2.05, 4.69) is 73.5 Å². The van der Waals surface area contributed by atoms with Gasteiger partial charge in [0.2, 0.25) is 76.8 Å². The van der Waals surface area contributed by atoms with Gasteiger partial charge < -0.3 is 113 Å². The molecule has 626 valence electrons. The monoisotopic (exact) mass is 1620 g/mol. The highest BCUT2D eigenvalue weighted by Crippen LogP contribution is 2.36. The molecule has 1 saturated carbocycles. The van der Waals surface area contributed by atoms with Gasteiger partial charge in [0.25, 0.3) is 0 Å². The Hall–Kier alpha value is -10.2. The van der Waals surface area contributed by atoms with Crippen molar-refractivity contribution in [1.82, 2.24) is 78.0 Å². The van der Waals surface area contributed by atoms with E-state index < -0.39 is 217 Å². The highest BCUT2D eigenvalue weighted by molar-refractivity contribution is 7.98. The zero-order valence-corrected chi connectivity index (χ0v) is 66.3. The number of aliphatic hydroxyl groups is 1. The lowest BCUT2D eigenvalue weighted by Gasteiger charge is -2.33. The van der Waals surface area contributed by atoms with E-state index in [1.807, 2.05) is 0 Å². The van der Waals surface area contributed by atoms with Crippen LogP contribution >= 0.6 is 23.5 Å². The molecule has 1 aromatic carbocycles. The number of carboxylic acid groups (broad SMARTS) is 2. The number of rotatable bonds is 48. The van der Waals surface area contributed by atoms with E-state index in [0.29, 0.717) is 59.3 Å². The molecule has 1 aliphatic heterocycles. The molecule has 0 unspecified atom stereocenters. The number of thioether (sulfide) groups is 2. The van der Waals surface area contributed by atoms with Crippen molar-refractivity contribution in [2.24, 2.45) is 51.2 Å². The highest BCUT2D eigenvalue weighted by Gasteiger charge is 2.47. The quantitative estimate of drug-likeness (QED) is 0.0145. The number of aliphatic hydroxyl groups excluding tert-OH is 1. The molecule has 5 rings (SSSR count). The summed E-state index contributed by atoms with van der Waals surface area (Å²) in [7, 11) is 0. The average Bonchev–Trinajstić information content (AvgIpc) is 1.63. The Morgan fingerprint density at radius 3 is 1.74 bits per heavy atom. The lowest BCUT2D eigenvalue weighted by atomic mass is 9.80. The number of likely N-dealkylation sites (tertiary alicyclic amines) is 1. The van der Waals surface area contributed by atoms with Gasteiger partial charge >= 0.3 is 11.9 Å². The first-order chi connectivity index (χ1) is 53.5. The number of primary amides is 2. The second kappa shape index (κ2) is 45.5. The lowest BCUT2D eigenvalue weighted by Crippen LogP contribution is -2.62. The Kier molecular flexibility index (Phi) is 37.6. The van der Waals surface area contributed by atoms with Crippen molar-refractivity contribution in [2.45, 2.75) is 228 Å². The second-order valence-electron chi connectivity index (χ2n) is 28.6. The Morgan fingerprint density at radius 2 is 1.15 bits per heavy atom. The number of carboxylic acids is 2. The molecule has 2 fully saturated rings. The van der Waals surface area contributed by atoms with Gasteiger partial charge in [0, 0.05) is 49.5 Å². The van der Waals surface area contributed by atoms with E-state index in [1.54, 1.807) is 76.9 Å². The number of aromatic amines is 1. The van der Waals surface area contributed by atoms with Crippen LogP contribution in [0.3, 0.4) is 0 Å². The van der Waals surface area contributed by atoms with Crippen LogP contribution in [0.5, 0.6) is 0 Å². The maximum absolute atomic E-state index is 15.7. The fourth-order valence-electron chi connectivity index (χ4n) is 12.9. The molecular formula is C71H112N22O18S2. The van der Waals surface area contributed by atoms with Gasteiger partial charge in [0.1, 0.15) is 72.2 Å². The number of H-pyrrole nitrogens is 1. The first kappa shape index (κ1) is 93.4. The molecular weight excluding hydrogens is 1510 g/mol. The molecule has 13 amide bonds. The van der Waals surface area contributed by atoms with Crippen LogP contribution < -0.4 is 87.6 Å². The number of amides is 13. The fraction of sp³-hybridized carbons (Fsp3) is 0.634. The molecule has 113 heavy (non-hydrogen) atoms. The minimum absolute atomic E-state index is 0.0493. The van der Waals surface area contributed by atoms with Crippen LogP contribution in [-0.4, -0.2) is 251 Å². The number of nitrogens with two attached hydrogens (primary N) is 6. The Morgan fingerprint density at radius 1 is 0.628 bits per heavy atom. The summed E-state index contributed by atoms with van der Waals surface area (Å²) in [6, 6.07) is -12.7. The van der Waals surface area contributed by atoms with Gasteiger partial charge in [-0.1, -0.05) is 83.2 Å². The maximum Gasteiger partial charge on any atom is 0.326 e. The van der Waals surface area contributed by atoms with Gasteiger partial charge in [-0.15, -0.1) is 5.10 Å². The van der Waals surface area contributed by atoms with Crippen LogP contribution in [0.25, 0.3) is 10.9 Å². The van der Waals surface area contributed by atoms with Crippen molar-refractivity contribution in [1.29, 1.82) is 0 Å². The molecule has 40 nitrogen and oxygen atoms in total. The van der Waals surface area contributed by atoms with Crippen molar-refractivity contribution in [2.75, 3.05) is 43.7 Å². The molecule has 15 atom stereocenters. The molecule has 26 N–H and O–H groups in total. The molecule has 1 saturated heterocycles. The maximum atomic E-state index is 15.7. The summed E-state index contributed by atoms with van der Waals surface area (Å²) in [5.41, 5.74) is 35.7. The number of aliphatic imine (C=N–C) groups is 1. The summed E-state index contributed by atoms with van der Waals surface area (Å²) in [5, 5.41) is 64.6. The van der Waals surface area contributed by atoms with E-state index in [9.17, 15) is 72.9 Å². The van der Waals surface area contributed by atoms with Gasteiger partial charge in [-0.3, -0.25) is 72.1 Å². The minimum Gasteiger partial charge on any atom is -0.481 e. The number of aromatic nitrogens is 4. The van der Waals surface area contributed by atoms with Crippen LogP contribution in [0.2, 0.25) is 0 Å². The molecule has 3 heterocycles. The van der Waals surface area contributed by atoms with E-state index in [1.165, 1.54) is 35.1 Å². The smallest absolute Gasteiger partial charge is 0.326 e. The summed E-state index contributed by atoms with van der Waals surface area (Å²) in [6.45, 7) is 6.54. The molecule has 0 radical (unpaired) electrons. The van der Waals surface area contributed by atoms with Crippen molar-refractivity contribution in [3.8, 4) is 0 Å². The number of nitrogens with one attached hydrogen (secondary N) is 11. The second-order valence-corrected chi connectivity index (χ2v) is 30.5. The largest absolute Gasteiger partial charge is 0.481 e. The molecule has 2 aromatic heterocycles. The van der Waals surface area contributed by atoms with Crippen molar-refractivity contribution in [3.05, 3.63) is 47.9 Å². The lowest BCUT2D eigenvalue weighted by molar-refractivity contribution is -0.144. The standard InChI is InChI=1S/C71H112N22O18S2/c1-8-36(3)56(88-59(100)42(72)17-15-25-78-70(75)76)67(108)86-48(30-53(73)95)63(104)84-49(31-54(74)96)64(105)89-57(37(4)9-2)68(109)92-33-40(93-34-52(90-91-93)71(77)23-13-10-14-24-71)29-51(92)66(107)85-47(28-39-32-79-43-18-12-11-16-41(39)43)62(103)87-50(35-94)65(106)82-44(19-20-55(97)98)60(101)80-38(5)58(99)81-45(21-26-112-6)61(102)83-46(69(110)111)22-27-113-7/h11-12,16,18,32,34,36-38,40,42,44-51,56-57,79,94H,8-10,13-15,17,19-31,33,35,72,77H2,1-7H3,(H2,73,95)(H2,74,96)(H,80,101)(H,81,99)(H,82,106)(H,83,102)(H,84,104)(H,85,107)(H,86,108)(H,87,103)(H,88,100)(H,89,105)(H,97,98)(H,110,111)(H4,75,76,78)/t36-,37-,38-,40-,42-,44-,45-,46-,47-,48-,49-,50-,51-,56-,57-/m0/s1.